The van der Waals surface area contributed by atoms with Crippen LogP contribution < -0.4 is 11.1 Å². The van der Waals surface area contributed by atoms with Gasteiger partial charge in [0.25, 0.3) is 22.7 Å². The minimum absolute atomic E-state index is 0.0152. The van der Waals surface area contributed by atoms with Crippen molar-refractivity contribution in [1.29, 1.82) is 0 Å². The van der Waals surface area contributed by atoms with Gasteiger partial charge in [0.2, 0.25) is 0 Å². The number of nitrogens with zero attached hydrogens (tertiary/aromatic N) is 9. The van der Waals surface area contributed by atoms with Gasteiger partial charge in [-0.25, -0.2) is 24.5 Å². The summed E-state index contributed by atoms with van der Waals surface area (Å²) in [5, 5.41) is 22.1. The third-order valence-corrected chi connectivity index (χ3v) is 17.6. The van der Waals surface area contributed by atoms with Crippen LogP contribution in [0.1, 0.15) is 143 Å². The molecule has 0 saturated heterocycles. The van der Waals surface area contributed by atoms with E-state index in [2.05, 4.69) is 40.5 Å². The van der Waals surface area contributed by atoms with Crippen LogP contribution in [0.5, 0.6) is 0 Å². The molecule has 9 heterocycles. The summed E-state index contributed by atoms with van der Waals surface area (Å²) in [7, 11) is 1.17. The number of carbonyl (C=O) groups excluding carboxylic acids is 4. The number of fused-ring (bicyclic) bond motifs is 3. The van der Waals surface area contributed by atoms with E-state index in [1.165, 1.54) is 93.7 Å². The number of imidazole rings is 3. The number of aryl methyl sites for hydroxylation is 3. The Bertz CT molecular complexity index is 5340. The Morgan fingerprint density at radius 2 is 0.767 bits per heavy atom. The van der Waals surface area contributed by atoms with Crippen molar-refractivity contribution in [3.63, 3.8) is 0 Å². The number of ether oxygens (including phenoxy) is 1. The van der Waals surface area contributed by atoms with Gasteiger partial charge < -0.3 is 35.4 Å². The van der Waals surface area contributed by atoms with Crippen molar-refractivity contribution in [3.05, 3.63) is 212 Å². The number of nitrogens with one attached hydrogen (secondary N) is 1. The van der Waals surface area contributed by atoms with Crippen LogP contribution >= 0.6 is 0 Å². The average Bonchev–Trinajstić information content (AvgIpc) is 1.55. The summed E-state index contributed by atoms with van der Waals surface area (Å²) in [5.74, 6) is -4.29. The number of Topliss-reactive ketones (excluding diaryl/α,β-unsaturated/α-hetero) is 2. The second-order valence-corrected chi connectivity index (χ2v) is 25.9. The molecule has 6 aromatic heterocycles. The van der Waals surface area contributed by atoms with Crippen molar-refractivity contribution in [2.24, 2.45) is 21.2 Å². The first-order chi connectivity index (χ1) is 53.6. The largest absolute Gasteiger partial charge is 0.477 e. The van der Waals surface area contributed by atoms with Crippen LogP contribution in [0.4, 0.5) is 105 Å². The molecular weight excluding hydrogens is 1620 g/mol. The van der Waals surface area contributed by atoms with Gasteiger partial charge in [0.15, 0.2) is 5.78 Å². The van der Waals surface area contributed by atoms with Gasteiger partial charge in [0, 0.05) is 83.4 Å². The number of hydrogen-bond acceptors (Lipinski definition) is 16. The van der Waals surface area contributed by atoms with Crippen LogP contribution in [0.25, 0.3) is 16.9 Å². The highest BCUT2D eigenvalue weighted by Gasteiger charge is 2.65. The fourth-order valence-corrected chi connectivity index (χ4v) is 12.1. The zero-order valence-corrected chi connectivity index (χ0v) is 59.3. The molecule has 12 rings (SSSR count). The number of ketones is 2. The van der Waals surface area contributed by atoms with Gasteiger partial charge in [-0.15, -0.1) is 0 Å². The first kappa shape index (κ1) is 88.1. The molecule has 1 amide bonds. The summed E-state index contributed by atoms with van der Waals surface area (Å²) in [6.45, 7) is 2.71. The minimum atomic E-state index is -5.20. The Hall–Kier alpha value is -11.8. The van der Waals surface area contributed by atoms with Gasteiger partial charge in [-0.1, -0.05) is 50.4 Å². The van der Waals surface area contributed by atoms with E-state index in [1.54, 1.807) is 0 Å². The van der Waals surface area contributed by atoms with Gasteiger partial charge in [-0.05, 0) is 93.6 Å². The Kier molecular flexibility index (Phi) is 24.7. The van der Waals surface area contributed by atoms with Crippen molar-refractivity contribution < 1.29 is 154 Å². The van der Waals surface area contributed by atoms with E-state index in [0.29, 0.717) is 24.3 Å². The summed E-state index contributed by atoms with van der Waals surface area (Å²) < 4.78 is 327. The zero-order valence-electron chi connectivity index (χ0n) is 59.3. The molecule has 0 fully saturated rings. The molecule has 3 unspecified atom stereocenters. The van der Waals surface area contributed by atoms with Crippen molar-refractivity contribution in [1.82, 2.24) is 33.5 Å². The summed E-state index contributed by atoms with van der Waals surface area (Å²) in [5.41, 5.74) is -11.7. The third-order valence-electron chi connectivity index (χ3n) is 17.6. The van der Waals surface area contributed by atoms with Crippen LogP contribution in [0.2, 0.25) is 0 Å². The normalized spacial score (nSPS) is 18.0. The topological polar surface area (TPSA) is 270 Å². The molecule has 0 spiro atoms. The highest BCUT2D eigenvalue weighted by atomic mass is 19.4. The molecule has 0 radical (unpaired) electrons. The predicted molar refractivity (Wildman–Crippen MR) is 354 cm³/mol. The fraction of sp³-hybridized carbons (Fsp3) is 0.338. The van der Waals surface area contributed by atoms with Gasteiger partial charge in [-0.3, -0.25) is 27.6 Å². The van der Waals surface area contributed by atoms with Crippen molar-refractivity contribution in [3.8, 4) is 0 Å². The molecule has 0 bridgehead atoms. The van der Waals surface area contributed by atoms with E-state index in [-0.39, 0.29) is 91.1 Å². The van der Waals surface area contributed by atoms with Gasteiger partial charge >= 0.3 is 61.3 Å². The summed E-state index contributed by atoms with van der Waals surface area (Å²) >= 11 is 0. The van der Waals surface area contributed by atoms with E-state index < -0.39 is 180 Å². The molecule has 45 heteroatoms. The SMILES string of the molecule is COC(=O)c1ccc(C2=NOC(c3cc(C)cc(C(F)(F)F)c3)(C(F)(F)F)C2)c2nccn12.Cc1cc(C(F)(F)F)cc(C2(C(F)(F)F)CC(c3ccc(C(=O)NCC(=O)CCC(F)(F)F)n4ccnc34)=NO2)c1.Cc1cc(C(F)(F)F)cc(C2(C(F)(F)F)CC(c3ccc(C(=O)O)n4ccnc34)=NO2)c1.NCC(=O)CCC(F)(F)F. The van der Waals surface area contributed by atoms with Crippen LogP contribution in [0.3, 0.4) is 0 Å². The average molecular weight is 1680 g/mol. The molecule has 3 aliphatic rings. The maximum absolute atomic E-state index is 14.4. The number of carboxylic acid groups (broad SMARTS) is 1. The van der Waals surface area contributed by atoms with Crippen LogP contribution in [0.15, 0.2) is 144 Å². The number of carbonyl (C=O) groups is 5. The number of methoxy groups -OCH3 is 1. The van der Waals surface area contributed by atoms with E-state index >= 15 is 0 Å². The third kappa shape index (κ3) is 19.1. The Labute approximate surface area is 634 Å². The molecule has 3 aliphatic heterocycles. The molecule has 622 valence electrons. The van der Waals surface area contributed by atoms with Crippen molar-refractivity contribution in [2.45, 2.75) is 132 Å². The lowest BCUT2D eigenvalue weighted by molar-refractivity contribution is -0.276. The Morgan fingerprint density at radius 1 is 0.457 bits per heavy atom. The van der Waals surface area contributed by atoms with Gasteiger partial charge in [0.05, 0.1) is 86.1 Å². The second kappa shape index (κ2) is 32.5. The van der Waals surface area contributed by atoms with Crippen LogP contribution in [-0.4, -0.2) is 131 Å². The minimum Gasteiger partial charge on any atom is -0.477 e. The molecule has 0 saturated carbocycles. The first-order valence-electron chi connectivity index (χ1n) is 33.0. The standard InChI is InChI=1S/C25H19F9N4O3.C21H15F6N3O3.C20H13F6N3O3.C5H8F3NO/c1-13-8-14(10-15(9-13)24(29,30)31)22(25(32,33)34)11-18(37-41-22)17-2-3-19(38-7-6-35-20(17)38)21(40)36-12-16(39)4-5-23(26,27)28;1-11-7-12(9-13(8-11)20(22,23)24)19(21(25,26)27)10-15(29-33-19)14-3-4-16(18(31)32-2)30-6-5-28-17(14)30;1-10-6-11(8-12(7-10)19(21,22)23)18(20(24,25)26)9-14(28-32-18)13-2-3-15(17(30)31)29-5-4-27-16(13)29;6-5(7,8)2-1-4(10)3-9/h2-3,6-10H,4-5,11-12H2,1H3,(H,36,40);3-9H,10H2,1-2H3;2-8H,9H2,1H3,(H,30,31);1-3,9H2. The number of pyridine rings is 3. The van der Waals surface area contributed by atoms with E-state index in [4.69, 9.17) is 20.2 Å². The monoisotopic (exact) mass is 1680 g/mol. The lowest BCUT2D eigenvalue weighted by Crippen LogP contribution is -2.43. The summed E-state index contributed by atoms with van der Waals surface area (Å²) in [6, 6.07) is 13.7. The molecular formula is C71H55F24N11O10. The van der Waals surface area contributed by atoms with E-state index in [0.717, 1.165) is 51.3 Å². The van der Waals surface area contributed by atoms with Gasteiger partial charge in [-0.2, -0.15) is 105 Å². The number of esters is 1. The zero-order chi connectivity index (χ0) is 86.2. The van der Waals surface area contributed by atoms with Gasteiger partial charge in [0.1, 0.15) is 39.8 Å². The number of benzene rings is 3. The van der Waals surface area contributed by atoms with Crippen LogP contribution in [0, 0.1) is 20.8 Å². The number of halogens is 24. The fourth-order valence-electron chi connectivity index (χ4n) is 12.1. The molecule has 9 aromatic rings. The predicted octanol–water partition coefficient (Wildman–Crippen LogP) is 16.7. The maximum Gasteiger partial charge on any atom is 0.435 e. The maximum atomic E-state index is 14.4. The number of amides is 1. The molecule has 116 heavy (non-hydrogen) atoms. The van der Waals surface area contributed by atoms with Crippen LogP contribution in [-0.2, 0) is 64.2 Å². The number of oxime groups is 3. The van der Waals surface area contributed by atoms with Crippen molar-refractivity contribution in [2.75, 3.05) is 20.2 Å². The molecule has 3 aromatic carbocycles. The number of aromatic nitrogens is 6. The molecule has 0 aliphatic carbocycles. The first-order valence-corrected chi connectivity index (χ1v) is 33.0. The Balaban J connectivity index is 0.000000189. The molecule has 21 nitrogen and oxygen atoms in total. The summed E-state index contributed by atoms with van der Waals surface area (Å²) in [4.78, 5) is 84.5. The molecule has 4 N–H and O–H groups in total. The highest BCUT2D eigenvalue weighted by molar-refractivity contribution is 6.09. The number of nitrogens with two attached hydrogens (primary N) is 1. The summed E-state index contributed by atoms with van der Waals surface area (Å²) in [6.07, 6.45) is -37.6. The Morgan fingerprint density at radius 3 is 1.07 bits per heavy atom. The highest BCUT2D eigenvalue weighted by Crippen LogP contribution is 2.54. The van der Waals surface area contributed by atoms with E-state index in [9.17, 15) is 134 Å². The molecule has 3 atom stereocenters. The number of rotatable bonds is 16. The number of hydrogen-bond donors (Lipinski definition) is 3. The quantitative estimate of drug-likeness (QED) is 0.0600. The van der Waals surface area contributed by atoms with Crippen molar-refractivity contribution >= 4 is 63.5 Å². The second-order valence-electron chi connectivity index (χ2n) is 25.9. The smallest absolute Gasteiger partial charge is 0.435 e. The number of aromatic carboxylic acids is 1. The number of carboxylic acids is 1. The lowest BCUT2D eigenvalue weighted by atomic mass is 9.85. The lowest BCUT2D eigenvalue weighted by Gasteiger charge is -2.30. The van der Waals surface area contributed by atoms with E-state index in [1.807, 2.05) is 0 Å². The number of alkyl halides is 24.